The van der Waals surface area contributed by atoms with Crippen LogP contribution in [0.1, 0.15) is 45.2 Å². The summed E-state index contributed by atoms with van der Waals surface area (Å²) in [7, 11) is 2.15. The van der Waals surface area contributed by atoms with Crippen LogP contribution < -0.4 is 10.6 Å². The second kappa shape index (κ2) is 5.75. The molecule has 0 aromatic heterocycles. The Labute approximate surface area is 112 Å². The third kappa shape index (κ3) is 3.49. The first-order valence-corrected chi connectivity index (χ1v) is 6.81. The van der Waals surface area contributed by atoms with E-state index in [4.69, 9.17) is 5.73 Å². The maximum Gasteiger partial charge on any atom is 0.0395 e. The van der Waals surface area contributed by atoms with Gasteiger partial charge in [-0.2, -0.15) is 0 Å². The Morgan fingerprint density at radius 2 is 1.89 bits per heavy atom. The van der Waals surface area contributed by atoms with E-state index in [1.165, 1.54) is 16.8 Å². The van der Waals surface area contributed by atoms with Gasteiger partial charge in [0, 0.05) is 18.8 Å². The van der Waals surface area contributed by atoms with E-state index in [1.807, 2.05) is 0 Å². The van der Waals surface area contributed by atoms with Crippen LogP contribution >= 0.6 is 0 Å². The van der Waals surface area contributed by atoms with Crippen LogP contribution in [0, 0.1) is 6.92 Å². The Morgan fingerprint density at radius 1 is 1.28 bits per heavy atom. The van der Waals surface area contributed by atoms with Crippen LogP contribution in [0.3, 0.4) is 0 Å². The molecular formula is C16H28N2. The first kappa shape index (κ1) is 15.0. The fourth-order valence-electron chi connectivity index (χ4n) is 2.19. The summed E-state index contributed by atoms with van der Waals surface area (Å²) in [6.45, 7) is 11.9. The standard InChI is InChI=1S/C16H28N2/c1-12-11-14(16(3,4)5)7-8-15(12)18(6)13(2)9-10-17/h7-8,11,13H,9-10,17H2,1-6H3. The summed E-state index contributed by atoms with van der Waals surface area (Å²) in [4.78, 5) is 2.33. The molecule has 1 rings (SSSR count). The van der Waals surface area contributed by atoms with E-state index >= 15 is 0 Å². The predicted octanol–water partition coefficient (Wildman–Crippen LogP) is 3.47. The lowest BCUT2D eigenvalue weighted by Gasteiger charge is -2.29. The number of anilines is 1. The summed E-state index contributed by atoms with van der Waals surface area (Å²) < 4.78 is 0. The molecule has 0 aliphatic heterocycles. The van der Waals surface area contributed by atoms with E-state index in [0.717, 1.165) is 13.0 Å². The molecule has 0 spiro atoms. The first-order chi connectivity index (χ1) is 8.27. The number of hydrogen-bond acceptors (Lipinski definition) is 2. The summed E-state index contributed by atoms with van der Waals surface area (Å²) >= 11 is 0. The molecule has 0 aliphatic rings. The lowest BCUT2D eigenvalue weighted by molar-refractivity contribution is 0.589. The van der Waals surface area contributed by atoms with E-state index in [2.05, 4.69) is 64.8 Å². The minimum absolute atomic E-state index is 0.213. The highest BCUT2D eigenvalue weighted by Gasteiger charge is 2.16. The van der Waals surface area contributed by atoms with Crippen molar-refractivity contribution in [2.24, 2.45) is 5.73 Å². The number of hydrogen-bond donors (Lipinski definition) is 1. The normalized spacial score (nSPS) is 13.5. The summed E-state index contributed by atoms with van der Waals surface area (Å²) in [5, 5.41) is 0. The molecule has 1 aromatic carbocycles. The van der Waals surface area contributed by atoms with Gasteiger partial charge in [0.25, 0.3) is 0 Å². The zero-order valence-corrected chi connectivity index (χ0v) is 12.7. The summed E-state index contributed by atoms with van der Waals surface area (Å²) in [6.07, 6.45) is 1.02. The maximum atomic E-state index is 5.64. The molecule has 1 aromatic rings. The molecule has 102 valence electrons. The second-order valence-corrected chi connectivity index (χ2v) is 6.29. The molecule has 1 atom stereocenters. The zero-order valence-electron chi connectivity index (χ0n) is 12.7. The topological polar surface area (TPSA) is 29.3 Å². The number of nitrogens with two attached hydrogens (primary N) is 1. The molecule has 0 saturated heterocycles. The molecule has 2 nitrogen and oxygen atoms in total. The highest BCUT2D eigenvalue weighted by atomic mass is 15.1. The molecule has 0 heterocycles. The van der Waals surface area contributed by atoms with Crippen molar-refractivity contribution in [3.8, 4) is 0 Å². The van der Waals surface area contributed by atoms with E-state index in [0.29, 0.717) is 6.04 Å². The van der Waals surface area contributed by atoms with E-state index in [9.17, 15) is 0 Å². The van der Waals surface area contributed by atoms with Crippen LogP contribution in [0.4, 0.5) is 5.69 Å². The molecule has 0 fully saturated rings. The van der Waals surface area contributed by atoms with E-state index < -0.39 is 0 Å². The van der Waals surface area contributed by atoms with Gasteiger partial charge in [0.05, 0.1) is 0 Å². The van der Waals surface area contributed by atoms with Crippen LogP contribution in [0.25, 0.3) is 0 Å². The molecule has 0 saturated carbocycles. The van der Waals surface area contributed by atoms with Gasteiger partial charge in [0.2, 0.25) is 0 Å². The Kier molecular flexibility index (Phi) is 4.80. The minimum Gasteiger partial charge on any atom is -0.372 e. The van der Waals surface area contributed by atoms with Crippen molar-refractivity contribution in [2.75, 3.05) is 18.5 Å². The molecule has 0 aliphatic carbocycles. The molecule has 2 N–H and O–H groups in total. The van der Waals surface area contributed by atoms with Gasteiger partial charge in [-0.05, 0) is 49.4 Å². The molecule has 18 heavy (non-hydrogen) atoms. The van der Waals surface area contributed by atoms with Gasteiger partial charge < -0.3 is 10.6 Å². The third-order valence-corrected chi connectivity index (χ3v) is 3.69. The average Bonchev–Trinajstić information content (AvgIpc) is 2.27. The fourth-order valence-corrected chi connectivity index (χ4v) is 2.19. The predicted molar refractivity (Wildman–Crippen MR) is 81.4 cm³/mol. The van der Waals surface area contributed by atoms with Crippen LogP contribution in [0.15, 0.2) is 18.2 Å². The Balaban J connectivity index is 2.99. The molecule has 0 radical (unpaired) electrons. The van der Waals surface area contributed by atoms with Crippen molar-refractivity contribution < 1.29 is 0 Å². The fraction of sp³-hybridized carbons (Fsp3) is 0.625. The Morgan fingerprint density at radius 3 is 2.33 bits per heavy atom. The second-order valence-electron chi connectivity index (χ2n) is 6.29. The minimum atomic E-state index is 0.213. The lowest BCUT2D eigenvalue weighted by atomic mass is 9.86. The van der Waals surface area contributed by atoms with E-state index in [1.54, 1.807) is 0 Å². The molecule has 1 unspecified atom stereocenters. The quantitative estimate of drug-likeness (QED) is 0.884. The summed E-state index contributed by atoms with van der Waals surface area (Å²) in [5.74, 6) is 0. The maximum absolute atomic E-state index is 5.64. The van der Waals surface area contributed by atoms with Crippen molar-refractivity contribution in [2.45, 2.75) is 52.5 Å². The highest BCUT2D eigenvalue weighted by molar-refractivity contribution is 5.55. The average molecular weight is 248 g/mol. The Hall–Kier alpha value is -1.02. The molecule has 0 amide bonds. The van der Waals surface area contributed by atoms with Gasteiger partial charge in [-0.3, -0.25) is 0 Å². The number of nitrogens with zero attached hydrogens (tertiary/aromatic N) is 1. The SMILES string of the molecule is Cc1cc(C(C)(C)C)ccc1N(C)C(C)CCN. The van der Waals surface area contributed by atoms with Crippen molar-refractivity contribution >= 4 is 5.69 Å². The molecule has 0 bridgehead atoms. The van der Waals surface area contributed by atoms with Gasteiger partial charge in [0.1, 0.15) is 0 Å². The van der Waals surface area contributed by atoms with Crippen LogP contribution in [0.2, 0.25) is 0 Å². The van der Waals surface area contributed by atoms with Gasteiger partial charge >= 0.3 is 0 Å². The largest absolute Gasteiger partial charge is 0.372 e. The van der Waals surface area contributed by atoms with Gasteiger partial charge in [0.15, 0.2) is 0 Å². The van der Waals surface area contributed by atoms with Gasteiger partial charge in [-0.15, -0.1) is 0 Å². The van der Waals surface area contributed by atoms with Crippen molar-refractivity contribution in [3.05, 3.63) is 29.3 Å². The van der Waals surface area contributed by atoms with Gasteiger partial charge in [-0.1, -0.05) is 32.9 Å². The van der Waals surface area contributed by atoms with Crippen molar-refractivity contribution in [1.82, 2.24) is 0 Å². The van der Waals surface area contributed by atoms with Crippen molar-refractivity contribution in [3.63, 3.8) is 0 Å². The van der Waals surface area contributed by atoms with Crippen molar-refractivity contribution in [1.29, 1.82) is 0 Å². The van der Waals surface area contributed by atoms with Crippen LogP contribution in [0.5, 0.6) is 0 Å². The number of aryl methyl sites for hydroxylation is 1. The first-order valence-electron chi connectivity index (χ1n) is 6.81. The summed E-state index contributed by atoms with van der Waals surface area (Å²) in [5.41, 5.74) is 9.89. The number of benzene rings is 1. The zero-order chi connectivity index (χ0) is 13.9. The summed E-state index contributed by atoms with van der Waals surface area (Å²) in [6, 6.07) is 7.27. The molecular weight excluding hydrogens is 220 g/mol. The number of rotatable bonds is 4. The highest BCUT2D eigenvalue weighted by Crippen LogP contribution is 2.28. The monoisotopic (exact) mass is 248 g/mol. The van der Waals surface area contributed by atoms with E-state index in [-0.39, 0.29) is 5.41 Å². The molecule has 2 heteroatoms. The Bertz CT molecular complexity index is 391. The smallest absolute Gasteiger partial charge is 0.0395 e. The van der Waals surface area contributed by atoms with Crippen LogP contribution in [-0.2, 0) is 5.41 Å². The van der Waals surface area contributed by atoms with Gasteiger partial charge in [-0.25, -0.2) is 0 Å². The lowest BCUT2D eigenvalue weighted by Crippen LogP contribution is -2.31. The third-order valence-electron chi connectivity index (χ3n) is 3.69. The van der Waals surface area contributed by atoms with Crippen LogP contribution in [-0.4, -0.2) is 19.6 Å².